The molecule has 0 bridgehead atoms. The van der Waals surface area contributed by atoms with Crippen LogP contribution in [0.2, 0.25) is 0 Å². The molecule has 1 aliphatic rings. The fourth-order valence-electron chi connectivity index (χ4n) is 1.97. The van der Waals surface area contributed by atoms with Crippen molar-refractivity contribution in [1.82, 2.24) is 9.80 Å². The lowest BCUT2D eigenvalue weighted by molar-refractivity contribution is 0.133. The number of likely N-dealkylation sites (tertiary alicyclic amines) is 1. The topological polar surface area (TPSA) is 32.5 Å². The van der Waals surface area contributed by atoms with Gasteiger partial charge >= 0.3 is 0 Å². The lowest BCUT2D eigenvalue weighted by Gasteiger charge is -2.36. The van der Waals surface area contributed by atoms with Crippen molar-refractivity contribution in [1.29, 1.82) is 0 Å². The fourth-order valence-corrected chi connectivity index (χ4v) is 1.97. The fraction of sp³-hybridized carbons (Fsp3) is 1.00. The Kier molecular flexibility index (Phi) is 4.70. The number of hydrogen-bond donors (Lipinski definition) is 1. The third-order valence-electron chi connectivity index (χ3n) is 2.89. The van der Waals surface area contributed by atoms with Gasteiger partial charge < -0.3 is 15.5 Å². The van der Waals surface area contributed by atoms with E-state index in [1.165, 1.54) is 32.5 Å². The van der Waals surface area contributed by atoms with Crippen LogP contribution in [0.25, 0.3) is 0 Å². The Morgan fingerprint density at radius 1 is 1.46 bits per heavy atom. The molecule has 1 rings (SSSR count). The molecule has 3 heteroatoms. The van der Waals surface area contributed by atoms with Crippen LogP contribution in [-0.2, 0) is 0 Å². The Labute approximate surface area is 81.9 Å². The summed E-state index contributed by atoms with van der Waals surface area (Å²) in [4.78, 5) is 4.88. The first kappa shape index (κ1) is 11.0. The summed E-state index contributed by atoms with van der Waals surface area (Å²) >= 11 is 0. The van der Waals surface area contributed by atoms with Gasteiger partial charge in [-0.05, 0) is 53.0 Å². The molecule has 0 radical (unpaired) electrons. The molecule has 3 nitrogen and oxygen atoms in total. The highest BCUT2D eigenvalue weighted by molar-refractivity contribution is 4.77. The van der Waals surface area contributed by atoms with Gasteiger partial charge in [-0.15, -0.1) is 0 Å². The Morgan fingerprint density at radius 2 is 2.23 bits per heavy atom. The predicted molar refractivity (Wildman–Crippen MR) is 56.8 cm³/mol. The summed E-state index contributed by atoms with van der Waals surface area (Å²) in [6, 6.07) is 0.756. The molecule has 2 N–H and O–H groups in total. The van der Waals surface area contributed by atoms with Gasteiger partial charge in [-0.25, -0.2) is 0 Å². The van der Waals surface area contributed by atoms with Gasteiger partial charge in [0.25, 0.3) is 0 Å². The smallest absolute Gasteiger partial charge is 0.0217 e. The molecule has 0 aliphatic carbocycles. The summed E-state index contributed by atoms with van der Waals surface area (Å²) < 4.78 is 0. The minimum atomic E-state index is 0.756. The maximum absolute atomic E-state index is 5.50. The number of nitrogens with two attached hydrogens (primary N) is 1. The molecule has 1 saturated heterocycles. The van der Waals surface area contributed by atoms with E-state index in [1.807, 2.05) is 0 Å². The first-order valence-corrected chi connectivity index (χ1v) is 5.33. The van der Waals surface area contributed by atoms with Crippen LogP contribution >= 0.6 is 0 Å². The summed E-state index contributed by atoms with van der Waals surface area (Å²) in [6.07, 6.45) is 3.83. The average molecular weight is 185 g/mol. The van der Waals surface area contributed by atoms with Gasteiger partial charge in [-0.3, -0.25) is 0 Å². The molecule has 1 heterocycles. The van der Waals surface area contributed by atoms with E-state index in [4.69, 9.17) is 5.73 Å². The zero-order valence-electron chi connectivity index (χ0n) is 9.00. The first-order valence-electron chi connectivity index (χ1n) is 5.33. The molecule has 0 aromatic rings. The van der Waals surface area contributed by atoms with E-state index in [-0.39, 0.29) is 0 Å². The quantitative estimate of drug-likeness (QED) is 0.686. The van der Waals surface area contributed by atoms with Gasteiger partial charge in [0.1, 0.15) is 0 Å². The van der Waals surface area contributed by atoms with Crippen molar-refractivity contribution < 1.29 is 0 Å². The number of piperidine rings is 1. The van der Waals surface area contributed by atoms with Crippen LogP contribution in [0.3, 0.4) is 0 Å². The molecule has 78 valence electrons. The van der Waals surface area contributed by atoms with Crippen molar-refractivity contribution in [3.63, 3.8) is 0 Å². The van der Waals surface area contributed by atoms with Gasteiger partial charge in [0.05, 0.1) is 0 Å². The Morgan fingerprint density at radius 3 is 2.85 bits per heavy atom. The monoisotopic (exact) mass is 185 g/mol. The van der Waals surface area contributed by atoms with E-state index in [2.05, 4.69) is 23.9 Å². The third-order valence-corrected chi connectivity index (χ3v) is 2.89. The SMILES string of the molecule is CN(C)C1CCCN(CCCN)C1. The van der Waals surface area contributed by atoms with Gasteiger partial charge in [0.15, 0.2) is 0 Å². The van der Waals surface area contributed by atoms with Crippen LogP contribution < -0.4 is 5.73 Å². The largest absolute Gasteiger partial charge is 0.330 e. The zero-order valence-corrected chi connectivity index (χ0v) is 9.00. The number of hydrogen-bond acceptors (Lipinski definition) is 3. The van der Waals surface area contributed by atoms with Crippen molar-refractivity contribution in [3.8, 4) is 0 Å². The molecule has 1 aliphatic heterocycles. The molecule has 0 spiro atoms. The minimum absolute atomic E-state index is 0.756. The molecule has 0 aromatic carbocycles. The van der Waals surface area contributed by atoms with E-state index >= 15 is 0 Å². The van der Waals surface area contributed by atoms with Crippen molar-refractivity contribution in [2.45, 2.75) is 25.3 Å². The van der Waals surface area contributed by atoms with Crippen molar-refractivity contribution >= 4 is 0 Å². The van der Waals surface area contributed by atoms with Gasteiger partial charge in [-0.2, -0.15) is 0 Å². The second-order valence-corrected chi connectivity index (χ2v) is 4.20. The summed E-state index contributed by atoms with van der Waals surface area (Å²) in [6.45, 7) is 4.50. The van der Waals surface area contributed by atoms with Crippen LogP contribution in [0.4, 0.5) is 0 Å². The highest BCUT2D eigenvalue weighted by Crippen LogP contribution is 2.13. The average Bonchev–Trinajstić information content (AvgIpc) is 2.15. The Hall–Kier alpha value is -0.120. The van der Waals surface area contributed by atoms with E-state index in [1.54, 1.807) is 0 Å². The summed E-state index contributed by atoms with van der Waals surface area (Å²) in [5.74, 6) is 0. The van der Waals surface area contributed by atoms with Crippen LogP contribution in [0, 0.1) is 0 Å². The third kappa shape index (κ3) is 3.63. The molecular formula is C10H23N3. The van der Waals surface area contributed by atoms with Crippen LogP contribution in [0.5, 0.6) is 0 Å². The highest BCUT2D eigenvalue weighted by Gasteiger charge is 2.20. The van der Waals surface area contributed by atoms with Gasteiger partial charge in [-0.1, -0.05) is 0 Å². The molecule has 0 saturated carbocycles. The number of nitrogens with zero attached hydrogens (tertiary/aromatic N) is 2. The lowest BCUT2D eigenvalue weighted by atomic mass is 10.0. The van der Waals surface area contributed by atoms with Crippen molar-refractivity contribution in [3.05, 3.63) is 0 Å². The minimum Gasteiger partial charge on any atom is -0.330 e. The Bertz CT molecular complexity index is 136. The first-order chi connectivity index (χ1) is 6.24. The molecular weight excluding hydrogens is 162 g/mol. The summed E-state index contributed by atoms with van der Waals surface area (Å²) in [5.41, 5.74) is 5.50. The summed E-state index contributed by atoms with van der Waals surface area (Å²) in [7, 11) is 4.36. The maximum atomic E-state index is 5.50. The van der Waals surface area contributed by atoms with E-state index in [0.29, 0.717) is 0 Å². The molecule has 13 heavy (non-hydrogen) atoms. The van der Waals surface area contributed by atoms with E-state index in [9.17, 15) is 0 Å². The van der Waals surface area contributed by atoms with Crippen molar-refractivity contribution in [2.24, 2.45) is 5.73 Å². The number of likely N-dealkylation sites (N-methyl/N-ethyl adjacent to an activating group) is 1. The maximum Gasteiger partial charge on any atom is 0.0217 e. The second-order valence-electron chi connectivity index (χ2n) is 4.20. The summed E-state index contributed by atoms with van der Waals surface area (Å²) in [5, 5.41) is 0. The second kappa shape index (κ2) is 5.58. The highest BCUT2D eigenvalue weighted by atomic mass is 15.2. The van der Waals surface area contributed by atoms with E-state index in [0.717, 1.165) is 19.0 Å². The van der Waals surface area contributed by atoms with Crippen molar-refractivity contribution in [2.75, 3.05) is 40.3 Å². The van der Waals surface area contributed by atoms with Gasteiger partial charge in [0, 0.05) is 12.6 Å². The van der Waals surface area contributed by atoms with E-state index < -0.39 is 0 Å². The molecule has 1 atom stereocenters. The van der Waals surface area contributed by atoms with Gasteiger partial charge in [0.2, 0.25) is 0 Å². The lowest BCUT2D eigenvalue weighted by Crippen LogP contribution is -2.45. The van der Waals surface area contributed by atoms with Crippen LogP contribution in [0.1, 0.15) is 19.3 Å². The standard InChI is InChI=1S/C10H23N3/c1-12(2)10-5-3-7-13(9-10)8-4-6-11/h10H,3-9,11H2,1-2H3. The number of rotatable bonds is 4. The Balaban J connectivity index is 2.25. The molecule has 1 unspecified atom stereocenters. The molecule has 0 aromatic heterocycles. The molecule has 1 fully saturated rings. The van der Waals surface area contributed by atoms with Crippen LogP contribution in [0.15, 0.2) is 0 Å². The van der Waals surface area contributed by atoms with Crippen LogP contribution in [-0.4, -0.2) is 56.1 Å². The normalized spacial score (nSPS) is 25.4. The predicted octanol–water partition coefficient (Wildman–Crippen LogP) is 0.361. The zero-order chi connectivity index (χ0) is 9.68. The molecule has 0 amide bonds.